The number of allylic oxidation sites excluding steroid dienone is 1. The van der Waals surface area contributed by atoms with Crippen LogP contribution in [0.5, 0.6) is 5.75 Å². The molecular formula is C23H30N2O3. The maximum atomic E-state index is 12.7. The third-order valence-corrected chi connectivity index (χ3v) is 5.31. The van der Waals surface area contributed by atoms with E-state index < -0.39 is 0 Å². The number of aromatic nitrogens is 2. The average molecular weight is 383 g/mol. The number of carbonyl (C=O) groups is 1. The van der Waals surface area contributed by atoms with Crippen molar-refractivity contribution in [1.29, 1.82) is 0 Å². The van der Waals surface area contributed by atoms with E-state index in [0.29, 0.717) is 12.1 Å². The molecule has 1 aliphatic carbocycles. The second-order valence-corrected chi connectivity index (χ2v) is 8.31. The molecule has 0 saturated carbocycles. The van der Waals surface area contributed by atoms with Gasteiger partial charge in [0, 0.05) is 11.3 Å². The van der Waals surface area contributed by atoms with Crippen molar-refractivity contribution in [2.24, 2.45) is 0 Å². The van der Waals surface area contributed by atoms with Crippen LogP contribution in [-0.4, -0.2) is 29.0 Å². The van der Waals surface area contributed by atoms with E-state index in [9.17, 15) is 4.79 Å². The molecule has 0 atom stereocenters. The molecule has 0 fully saturated rings. The Morgan fingerprint density at radius 2 is 1.93 bits per heavy atom. The fourth-order valence-corrected chi connectivity index (χ4v) is 3.86. The first-order valence-corrected chi connectivity index (χ1v) is 9.85. The van der Waals surface area contributed by atoms with E-state index in [1.54, 1.807) is 7.11 Å². The Balaban J connectivity index is 2.02. The fourth-order valence-electron chi connectivity index (χ4n) is 3.86. The van der Waals surface area contributed by atoms with Gasteiger partial charge in [0.05, 0.1) is 25.3 Å². The lowest BCUT2D eigenvalue weighted by Gasteiger charge is -2.24. The van der Waals surface area contributed by atoms with E-state index in [2.05, 4.69) is 20.8 Å². The molecule has 150 valence electrons. The number of rotatable bonds is 5. The van der Waals surface area contributed by atoms with Crippen LogP contribution >= 0.6 is 0 Å². The van der Waals surface area contributed by atoms with Crippen LogP contribution in [0.4, 0.5) is 0 Å². The average Bonchev–Trinajstić information content (AvgIpc) is 2.88. The predicted molar refractivity (Wildman–Crippen MR) is 111 cm³/mol. The molecule has 28 heavy (non-hydrogen) atoms. The molecule has 1 heterocycles. The molecule has 1 aromatic heterocycles. The first kappa shape index (κ1) is 20.2. The Kier molecular flexibility index (Phi) is 5.64. The van der Waals surface area contributed by atoms with Crippen LogP contribution in [-0.2, 0) is 21.5 Å². The Bertz CT molecular complexity index is 889. The number of esters is 1. The predicted octanol–water partition coefficient (Wildman–Crippen LogP) is 4.65. The Labute approximate surface area is 167 Å². The highest BCUT2D eigenvalue weighted by Gasteiger charge is 2.35. The number of carbonyl (C=O) groups excluding carboxylic acids is 1. The molecule has 2 aromatic rings. The zero-order chi connectivity index (χ0) is 20.5. The lowest BCUT2D eigenvalue weighted by molar-refractivity contribution is -0.140. The third-order valence-electron chi connectivity index (χ3n) is 5.31. The quantitative estimate of drug-likeness (QED) is 0.706. The van der Waals surface area contributed by atoms with E-state index in [0.717, 1.165) is 41.1 Å². The highest BCUT2D eigenvalue weighted by Crippen LogP contribution is 2.40. The van der Waals surface area contributed by atoms with E-state index in [1.165, 1.54) is 0 Å². The standard InChI is InChI=1S/C23H30N2O3/c1-15(2)28-22(26)19-8-7-13-23(4,5)20-16(3)25(24-21(19)20)14-17-9-11-18(27-6)12-10-17/h8-12,15H,7,13-14H2,1-6H3. The van der Waals surface area contributed by atoms with Gasteiger partial charge in [-0.1, -0.05) is 32.1 Å². The van der Waals surface area contributed by atoms with Gasteiger partial charge in [-0.3, -0.25) is 4.68 Å². The molecule has 5 nitrogen and oxygen atoms in total. The van der Waals surface area contributed by atoms with Gasteiger partial charge >= 0.3 is 5.97 Å². The molecule has 3 rings (SSSR count). The summed E-state index contributed by atoms with van der Waals surface area (Å²) in [4.78, 5) is 12.7. The number of nitrogens with zero attached hydrogens (tertiary/aromatic N) is 2. The number of fused-ring (bicyclic) bond motifs is 1. The Morgan fingerprint density at radius 1 is 1.25 bits per heavy atom. The number of hydrogen-bond acceptors (Lipinski definition) is 4. The maximum absolute atomic E-state index is 12.7. The molecule has 0 spiro atoms. The Morgan fingerprint density at radius 3 is 2.54 bits per heavy atom. The van der Waals surface area contributed by atoms with Crippen LogP contribution in [0.25, 0.3) is 5.57 Å². The Hall–Kier alpha value is -2.56. The van der Waals surface area contributed by atoms with Crippen LogP contribution in [0.15, 0.2) is 30.3 Å². The van der Waals surface area contributed by atoms with Gasteiger partial charge in [-0.15, -0.1) is 0 Å². The molecule has 1 aromatic carbocycles. The minimum Gasteiger partial charge on any atom is -0.497 e. The summed E-state index contributed by atoms with van der Waals surface area (Å²) < 4.78 is 12.7. The summed E-state index contributed by atoms with van der Waals surface area (Å²) in [5, 5.41) is 4.87. The second kappa shape index (κ2) is 7.82. The summed E-state index contributed by atoms with van der Waals surface area (Å²) >= 11 is 0. The summed E-state index contributed by atoms with van der Waals surface area (Å²) in [6.45, 7) is 10.9. The van der Waals surface area contributed by atoms with Gasteiger partial charge < -0.3 is 9.47 Å². The van der Waals surface area contributed by atoms with Gasteiger partial charge in [-0.05, 0) is 56.7 Å². The number of ether oxygens (including phenoxy) is 2. The molecule has 1 aliphatic rings. The van der Waals surface area contributed by atoms with Crippen molar-refractivity contribution in [2.75, 3.05) is 7.11 Å². The van der Waals surface area contributed by atoms with Crippen molar-refractivity contribution in [3.63, 3.8) is 0 Å². The number of benzene rings is 1. The molecule has 0 saturated heterocycles. The maximum Gasteiger partial charge on any atom is 0.340 e. The zero-order valence-corrected chi connectivity index (χ0v) is 17.7. The SMILES string of the molecule is COc1ccc(Cn2nc3c(c2C)C(C)(C)CCC=C3C(=O)OC(C)C)cc1. The van der Waals surface area contributed by atoms with Crippen molar-refractivity contribution in [3.05, 3.63) is 52.9 Å². The molecule has 0 aliphatic heterocycles. The molecular weight excluding hydrogens is 352 g/mol. The van der Waals surface area contributed by atoms with Crippen molar-refractivity contribution < 1.29 is 14.3 Å². The van der Waals surface area contributed by atoms with Crippen LogP contribution in [0.2, 0.25) is 0 Å². The minimum absolute atomic E-state index is 0.0616. The highest BCUT2D eigenvalue weighted by atomic mass is 16.5. The van der Waals surface area contributed by atoms with Crippen molar-refractivity contribution in [1.82, 2.24) is 9.78 Å². The molecule has 5 heteroatoms. The van der Waals surface area contributed by atoms with Crippen LogP contribution in [0, 0.1) is 6.92 Å². The summed E-state index contributed by atoms with van der Waals surface area (Å²) in [5.41, 5.74) is 4.67. The topological polar surface area (TPSA) is 53.4 Å². The van der Waals surface area contributed by atoms with Crippen LogP contribution < -0.4 is 4.74 Å². The first-order valence-electron chi connectivity index (χ1n) is 9.85. The summed E-state index contributed by atoms with van der Waals surface area (Å²) in [7, 11) is 1.66. The molecule has 0 N–H and O–H groups in total. The van der Waals surface area contributed by atoms with E-state index in [4.69, 9.17) is 14.6 Å². The zero-order valence-electron chi connectivity index (χ0n) is 17.7. The third kappa shape index (κ3) is 3.98. The van der Waals surface area contributed by atoms with Crippen LogP contribution in [0.1, 0.15) is 63.1 Å². The van der Waals surface area contributed by atoms with Crippen molar-refractivity contribution in [2.45, 2.75) is 65.5 Å². The minimum atomic E-state index is -0.289. The molecule has 0 unspecified atom stereocenters. The highest BCUT2D eigenvalue weighted by molar-refractivity contribution is 6.16. The smallest absolute Gasteiger partial charge is 0.340 e. The molecule has 0 radical (unpaired) electrons. The van der Waals surface area contributed by atoms with Crippen LogP contribution in [0.3, 0.4) is 0 Å². The van der Waals surface area contributed by atoms with Gasteiger partial charge in [-0.2, -0.15) is 5.10 Å². The van der Waals surface area contributed by atoms with Gasteiger partial charge in [0.25, 0.3) is 0 Å². The first-order chi connectivity index (χ1) is 13.2. The van der Waals surface area contributed by atoms with Gasteiger partial charge in [0.1, 0.15) is 11.4 Å². The van der Waals surface area contributed by atoms with Gasteiger partial charge in [0.2, 0.25) is 0 Å². The normalized spacial score (nSPS) is 15.6. The number of methoxy groups -OCH3 is 1. The molecule has 0 amide bonds. The van der Waals surface area contributed by atoms with Crippen molar-refractivity contribution in [3.8, 4) is 5.75 Å². The van der Waals surface area contributed by atoms with E-state index in [-0.39, 0.29) is 17.5 Å². The monoisotopic (exact) mass is 382 g/mol. The van der Waals surface area contributed by atoms with E-state index in [1.807, 2.05) is 48.9 Å². The summed E-state index contributed by atoms with van der Waals surface area (Å²) in [5.74, 6) is 0.544. The number of hydrogen-bond donors (Lipinski definition) is 0. The van der Waals surface area contributed by atoms with Gasteiger partial charge in [-0.25, -0.2) is 4.79 Å². The lowest BCUT2D eigenvalue weighted by atomic mass is 9.80. The van der Waals surface area contributed by atoms with Crippen molar-refractivity contribution >= 4 is 11.5 Å². The summed E-state index contributed by atoms with van der Waals surface area (Å²) in [6.07, 6.45) is 3.63. The lowest BCUT2D eigenvalue weighted by Crippen LogP contribution is -2.19. The summed E-state index contributed by atoms with van der Waals surface area (Å²) in [6, 6.07) is 7.99. The van der Waals surface area contributed by atoms with Gasteiger partial charge in [0.15, 0.2) is 0 Å². The van der Waals surface area contributed by atoms with E-state index >= 15 is 0 Å². The largest absolute Gasteiger partial charge is 0.497 e. The second-order valence-electron chi connectivity index (χ2n) is 8.31. The fraction of sp³-hybridized carbons (Fsp3) is 0.478. The molecule has 0 bridgehead atoms.